The number of hydrogen-bond donors (Lipinski definition) is 1. The highest BCUT2D eigenvalue weighted by molar-refractivity contribution is 7.89. The molecule has 0 amide bonds. The zero-order valence-electron chi connectivity index (χ0n) is 14.7. The van der Waals surface area contributed by atoms with Crippen molar-refractivity contribution in [1.29, 1.82) is 5.26 Å². The normalized spacial score (nSPS) is 17.4. The van der Waals surface area contributed by atoms with Gasteiger partial charge in [0.25, 0.3) is 0 Å². The fraction of sp³-hybridized carbons (Fsp3) is 0.588. The Balaban J connectivity index is 1.91. The molecule has 1 N–H and O–H groups in total. The number of nitriles is 1. The number of nitrogens with one attached hydrogen (secondary N) is 1. The number of hydrogen-bond acceptors (Lipinski definition) is 5. The van der Waals surface area contributed by atoms with Gasteiger partial charge in [-0.15, -0.1) is 0 Å². The van der Waals surface area contributed by atoms with Crippen LogP contribution in [0.1, 0.15) is 20.3 Å². The van der Waals surface area contributed by atoms with Crippen LogP contribution in [0.3, 0.4) is 0 Å². The van der Waals surface area contributed by atoms with E-state index in [-0.39, 0.29) is 4.90 Å². The van der Waals surface area contributed by atoms with Crippen LogP contribution in [0.4, 0.5) is 0 Å². The average molecular weight is 385 g/mol. The van der Waals surface area contributed by atoms with Crippen molar-refractivity contribution < 1.29 is 8.42 Å². The minimum Gasteiger partial charge on any atom is -0.300 e. The standard InChI is InChI=1S/C17H25ClN4O2S/c1-17(2,14-22-12-10-21(11-13-22)9-3-8-19)20-25(23,24)16-6-4-15(18)5-7-16/h4-7,20H,3,9-14H2,1-2H3. The van der Waals surface area contributed by atoms with Crippen LogP contribution in [0.25, 0.3) is 0 Å². The molecular formula is C17H25ClN4O2S. The van der Waals surface area contributed by atoms with E-state index >= 15 is 0 Å². The van der Waals surface area contributed by atoms with E-state index in [1.807, 2.05) is 13.8 Å². The first-order valence-electron chi connectivity index (χ1n) is 8.33. The monoisotopic (exact) mass is 384 g/mol. The third-order valence-corrected chi connectivity index (χ3v) is 6.12. The second-order valence-electron chi connectivity index (χ2n) is 6.97. The molecular weight excluding hydrogens is 360 g/mol. The summed E-state index contributed by atoms with van der Waals surface area (Å²) in [6.45, 7) is 8.77. The summed E-state index contributed by atoms with van der Waals surface area (Å²) in [4.78, 5) is 4.74. The molecule has 1 fully saturated rings. The van der Waals surface area contributed by atoms with Crippen molar-refractivity contribution >= 4 is 21.6 Å². The lowest BCUT2D eigenvalue weighted by atomic mass is 10.1. The summed E-state index contributed by atoms with van der Waals surface area (Å²) >= 11 is 5.82. The highest BCUT2D eigenvalue weighted by Crippen LogP contribution is 2.17. The van der Waals surface area contributed by atoms with Gasteiger partial charge in [0.2, 0.25) is 10.0 Å². The van der Waals surface area contributed by atoms with Crippen LogP contribution in [-0.2, 0) is 10.0 Å². The zero-order chi connectivity index (χ0) is 18.5. The number of piperazine rings is 1. The topological polar surface area (TPSA) is 76.4 Å². The first kappa shape index (κ1) is 20.1. The summed E-state index contributed by atoms with van der Waals surface area (Å²) in [5.41, 5.74) is -0.590. The maximum atomic E-state index is 12.6. The van der Waals surface area contributed by atoms with E-state index in [2.05, 4.69) is 20.6 Å². The molecule has 1 heterocycles. The van der Waals surface area contributed by atoms with Crippen LogP contribution in [0.2, 0.25) is 5.02 Å². The van der Waals surface area contributed by atoms with E-state index in [9.17, 15) is 8.42 Å². The summed E-state index contributed by atoms with van der Waals surface area (Å²) in [6, 6.07) is 8.33. The molecule has 1 aromatic carbocycles. The molecule has 0 aliphatic carbocycles. The predicted octanol–water partition coefficient (Wildman–Crippen LogP) is 1.93. The summed E-state index contributed by atoms with van der Waals surface area (Å²) in [5.74, 6) is 0. The molecule has 1 aromatic rings. The summed E-state index contributed by atoms with van der Waals surface area (Å²) in [5, 5.41) is 9.17. The largest absolute Gasteiger partial charge is 0.300 e. The van der Waals surface area contributed by atoms with Gasteiger partial charge in [0.05, 0.1) is 11.0 Å². The molecule has 1 saturated heterocycles. The molecule has 0 radical (unpaired) electrons. The van der Waals surface area contributed by atoms with E-state index in [4.69, 9.17) is 16.9 Å². The fourth-order valence-corrected chi connectivity index (χ4v) is 4.54. The third kappa shape index (κ3) is 6.24. The van der Waals surface area contributed by atoms with Crippen LogP contribution < -0.4 is 4.72 Å². The van der Waals surface area contributed by atoms with E-state index in [0.29, 0.717) is 18.0 Å². The maximum Gasteiger partial charge on any atom is 0.241 e. The molecule has 0 spiro atoms. The Hall–Kier alpha value is -1.17. The minimum absolute atomic E-state index is 0.214. The summed E-state index contributed by atoms with van der Waals surface area (Å²) in [7, 11) is -3.59. The molecule has 1 aliphatic heterocycles. The quantitative estimate of drug-likeness (QED) is 0.777. The Bertz CT molecular complexity index is 705. The number of sulfonamides is 1. The van der Waals surface area contributed by atoms with Crippen molar-refractivity contribution in [1.82, 2.24) is 14.5 Å². The second-order valence-corrected chi connectivity index (χ2v) is 9.09. The highest BCUT2D eigenvalue weighted by atomic mass is 35.5. The van der Waals surface area contributed by atoms with E-state index in [1.165, 1.54) is 12.1 Å². The van der Waals surface area contributed by atoms with Gasteiger partial charge in [-0.2, -0.15) is 5.26 Å². The lowest BCUT2D eigenvalue weighted by molar-refractivity contribution is 0.115. The van der Waals surface area contributed by atoms with Gasteiger partial charge in [0, 0.05) is 56.3 Å². The van der Waals surface area contributed by atoms with Gasteiger partial charge in [-0.25, -0.2) is 13.1 Å². The van der Waals surface area contributed by atoms with Gasteiger partial charge in [-0.05, 0) is 38.1 Å². The predicted molar refractivity (Wildman–Crippen MR) is 99.0 cm³/mol. The highest BCUT2D eigenvalue weighted by Gasteiger charge is 2.29. The number of nitrogens with zero attached hydrogens (tertiary/aromatic N) is 3. The Morgan fingerprint density at radius 1 is 1.16 bits per heavy atom. The zero-order valence-corrected chi connectivity index (χ0v) is 16.3. The molecule has 138 valence electrons. The van der Waals surface area contributed by atoms with Crippen LogP contribution in [-0.4, -0.2) is 63.0 Å². The minimum atomic E-state index is -3.59. The fourth-order valence-electron chi connectivity index (χ4n) is 3.01. The first-order chi connectivity index (χ1) is 11.7. The molecule has 0 saturated carbocycles. The van der Waals surface area contributed by atoms with Gasteiger partial charge in [-0.1, -0.05) is 11.6 Å². The third-order valence-electron chi connectivity index (χ3n) is 4.16. The van der Waals surface area contributed by atoms with Crippen LogP contribution in [0.5, 0.6) is 0 Å². The van der Waals surface area contributed by atoms with E-state index in [0.717, 1.165) is 32.7 Å². The molecule has 6 nitrogen and oxygen atoms in total. The Labute approximate surface area is 155 Å². The van der Waals surface area contributed by atoms with Gasteiger partial charge in [-0.3, -0.25) is 9.80 Å². The Kier molecular flexibility index (Phi) is 6.83. The Morgan fingerprint density at radius 2 is 1.72 bits per heavy atom. The first-order valence-corrected chi connectivity index (χ1v) is 10.2. The number of benzene rings is 1. The van der Waals surface area contributed by atoms with Crippen molar-refractivity contribution in [3.8, 4) is 6.07 Å². The van der Waals surface area contributed by atoms with E-state index < -0.39 is 15.6 Å². The van der Waals surface area contributed by atoms with Crippen molar-refractivity contribution in [3.63, 3.8) is 0 Å². The van der Waals surface area contributed by atoms with Gasteiger partial charge >= 0.3 is 0 Å². The van der Waals surface area contributed by atoms with Crippen molar-refractivity contribution in [3.05, 3.63) is 29.3 Å². The molecule has 0 unspecified atom stereocenters. The number of rotatable bonds is 7. The number of halogens is 1. The van der Waals surface area contributed by atoms with Gasteiger partial charge < -0.3 is 0 Å². The average Bonchev–Trinajstić information content (AvgIpc) is 2.53. The van der Waals surface area contributed by atoms with Crippen molar-refractivity contribution in [2.75, 3.05) is 39.3 Å². The smallest absolute Gasteiger partial charge is 0.241 e. The lowest BCUT2D eigenvalue weighted by Gasteiger charge is -2.38. The van der Waals surface area contributed by atoms with Crippen molar-refractivity contribution in [2.24, 2.45) is 0 Å². The molecule has 8 heteroatoms. The lowest BCUT2D eigenvalue weighted by Crippen LogP contribution is -2.55. The molecule has 0 aromatic heterocycles. The van der Waals surface area contributed by atoms with Crippen molar-refractivity contribution in [2.45, 2.75) is 30.7 Å². The summed E-state index contributed by atoms with van der Waals surface area (Å²) < 4.78 is 27.9. The molecule has 1 aliphatic rings. The van der Waals surface area contributed by atoms with Gasteiger partial charge in [0.15, 0.2) is 0 Å². The maximum absolute atomic E-state index is 12.6. The summed E-state index contributed by atoms with van der Waals surface area (Å²) in [6.07, 6.45) is 0.548. The molecule has 0 bridgehead atoms. The molecule has 0 atom stereocenters. The van der Waals surface area contributed by atoms with E-state index in [1.54, 1.807) is 12.1 Å². The molecule has 25 heavy (non-hydrogen) atoms. The Morgan fingerprint density at radius 3 is 2.28 bits per heavy atom. The second kappa shape index (κ2) is 8.47. The van der Waals surface area contributed by atoms with Crippen LogP contribution >= 0.6 is 11.6 Å². The van der Waals surface area contributed by atoms with Crippen LogP contribution in [0.15, 0.2) is 29.2 Å². The van der Waals surface area contributed by atoms with Gasteiger partial charge in [0.1, 0.15) is 0 Å². The molecule has 2 rings (SSSR count). The SMILES string of the molecule is CC(C)(CN1CCN(CCC#N)CC1)NS(=O)(=O)c1ccc(Cl)cc1. The van der Waals surface area contributed by atoms with Crippen LogP contribution in [0, 0.1) is 11.3 Å².